The molecule has 1 saturated heterocycles. The molecule has 2 aromatic heterocycles. The molecular weight excluding hydrogens is 348 g/mol. The van der Waals surface area contributed by atoms with E-state index < -0.39 is 0 Å². The Bertz CT molecular complexity index is 728. The maximum absolute atomic E-state index is 12.4. The summed E-state index contributed by atoms with van der Waals surface area (Å²) in [6, 6.07) is 1.95. The van der Waals surface area contributed by atoms with Crippen LogP contribution in [-0.4, -0.2) is 70.3 Å². The number of thioether (sulfide) groups is 1. The molecule has 0 saturated carbocycles. The molecule has 7 nitrogen and oxygen atoms in total. The maximum atomic E-state index is 12.4. The molecule has 3 rings (SSSR count). The van der Waals surface area contributed by atoms with Crippen LogP contribution < -0.4 is 0 Å². The molecular formula is C15H18N4O3S2. The summed E-state index contributed by atoms with van der Waals surface area (Å²) < 4.78 is 6.00. The normalized spacial score (nSPS) is 14.9. The van der Waals surface area contributed by atoms with Gasteiger partial charge in [0.05, 0.1) is 22.6 Å². The molecule has 1 fully saturated rings. The number of thiophene rings is 1. The number of hydrogen-bond donors (Lipinski definition) is 0. The zero-order valence-electron chi connectivity index (χ0n) is 13.3. The number of rotatable bonds is 4. The summed E-state index contributed by atoms with van der Waals surface area (Å²) in [6.45, 7) is 4.25. The lowest BCUT2D eigenvalue weighted by atomic mass is 10.3. The van der Waals surface area contributed by atoms with Gasteiger partial charge in [0.15, 0.2) is 0 Å². The van der Waals surface area contributed by atoms with E-state index in [0.29, 0.717) is 38.5 Å². The van der Waals surface area contributed by atoms with Gasteiger partial charge in [-0.15, -0.1) is 11.3 Å². The molecule has 24 heavy (non-hydrogen) atoms. The lowest BCUT2D eigenvalue weighted by molar-refractivity contribution is -0.129. The van der Waals surface area contributed by atoms with Crippen molar-refractivity contribution in [3.05, 3.63) is 17.8 Å². The number of carbonyl (C=O) groups is 2. The average Bonchev–Trinajstić information content (AvgIpc) is 3.09. The molecule has 0 spiro atoms. The molecule has 0 aliphatic carbocycles. The summed E-state index contributed by atoms with van der Waals surface area (Å²) in [5, 5.41) is 2.81. The Balaban J connectivity index is 1.51. The minimum Gasteiger partial charge on any atom is -0.450 e. The molecule has 0 radical (unpaired) electrons. The molecule has 128 valence electrons. The summed E-state index contributed by atoms with van der Waals surface area (Å²) in [7, 11) is 0. The molecule has 0 atom stereocenters. The molecule has 0 unspecified atom stereocenters. The number of piperazine rings is 1. The van der Waals surface area contributed by atoms with Crippen molar-refractivity contribution in [1.82, 2.24) is 19.8 Å². The quantitative estimate of drug-likeness (QED) is 0.609. The number of aromatic nitrogens is 2. The van der Waals surface area contributed by atoms with Crippen molar-refractivity contribution < 1.29 is 14.3 Å². The predicted molar refractivity (Wildman–Crippen MR) is 93.3 cm³/mol. The summed E-state index contributed by atoms with van der Waals surface area (Å²) >= 11 is 3.01. The van der Waals surface area contributed by atoms with E-state index in [1.807, 2.05) is 11.4 Å². The molecule has 9 heteroatoms. The molecule has 0 N–H and O–H groups in total. The van der Waals surface area contributed by atoms with Crippen LogP contribution >= 0.6 is 23.1 Å². The predicted octanol–water partition coefficient (Wildman–Crippen LogP) is 2.08. The Labute approximate surface area is 148 Å². The van der Waals surface area contributed by atoms with Gasteiger partial charge >= 0.3 is 6.09 Å². The summed E-state index contributed by atoms with van der Waals surface area (Å²) in [6.07, 6.45) is 1.22. The molecule has 2 amide bonds. The van der Waals surface area contributed by atoms with Crippen LogP contribution in [0.2, 0.25) is 0 Å². The number of carbonyl (C=O) groups excluding carboxylic acids is 2. The van der Waals surface area contributed by atoms with Crippen molar-refractivity contribution in [1.29, 1.82) is 0 Å². The van der Waals surface area contributed by atoms with E-state index in [0.717, 1.165) is 15.2 Å². The average molecular weight is 366 g/mol. The lowest BCUT2D eigenvalue weighted by Crippen LogP contribution is -2.51. The number of fused-ring (bicyclic) bond motifs is 1. The monoisotopic (exact) mass is 366 g/mol. The second-order valence-electron chi connectivity index (χ2n) is 5.17. The van der Waals surface area contributed by atoms with Crippen molar-refractivity contribution in [2.24, 2.45) is 0 Å². The Morgan fingerprint density at radius 3 is 2.75 bits per heavy atom. The highest BCUT2D eigenvalue weighted by atomic mass is 32.2. The molecule has 1 aliphatic rings. The van der Waals surface area contributed by atoms with E-state index in [-0.39, 0.29) is 12.0 Å². The fourth-order valence-electron chi connectivity index (χ4n) is 2.44. The maximum Gasteiger partial charge on any atom is 0.409 e. The summed E-state index contributed by atoms with van der Waals surface area (Å²) in [5.74, 6) is 0.399. The standard InChI is InChI=1S/C15H18N4O3S2/c1-2-22-15(21)19-6-4-18(5-7-19)12(20)9-24-14-13-11(3-8-23-13)16-10-17-14/h3,8,10H,2,4-7,9H2,1H3. The van der Waals surface area contributed by atoms with Crippen molar-refractivity contribution in [3.8, 4) is 0 Å². The van der Waals surface area contributed by atoms with Crippen LogP contribution in [0.15, 0.2) is 22.8 Å². The first kappa shape index (κ1) is 17.0. The third-order valence-corrected chi connectivity index (χ3v) is 5.72. The smallest absolute Gasteiger partial charge is 0.409 e. The molecule has 1 aliphatic heterocycles. The topological polar surface area (TPSA) is 75.6 Å². The fraction of sp³-hybridized carbons (Fsp3) is 0.467. The van der Waals surface area contributed by atoms with Gasteiger partial charge in [-0.1, -0.05) is 11.8 Å². The fourth-order valence-corrected chi connectivity index (χ4v) is 4.29. The van der Waals surface area contributed by atoms with Crippen molar-refractivity contribution in [2.45, 2.75) is 11.9 Å². The van der Waals surface area contributed by atoms with Gasteiger partial charge in [0.1, 0.15) is 11.4 Å². The summed E-state index contributed by atoms with van der Waals surface area (Å²) in [5.41, 5.74) is 0.910. The Morgan fingerprint density at radius 1 is 1.25 bits per heavy atom. The van der Waals surface area contributed by atoms with Crippen molar-refractivity contribution in [2.75, 3.05) is 38.5 Å². The number of amides is 2. The first-order valence-electron chi connectivity index (χ1n) is 7.69. The Morgan fingerprint density at radius 2 is 2.00 bits per heavy atom. The van der Waals surface area contributed by atoms with Crippen LogP contribution in [-0.2, 0) is 9.53 Å². The molecule has 3 heterocycles. The number of nitrogens with zero attached hydrogens (tertiary/aromatic N) is 4. The number of hydrogen-bond acceptors (Lipinski definition) is 7. The SMILES string of the molecule is CCOC(=O)N1CCN(C(=O)CSc2ncnc3ccsc23)CC1. The minimum atomic E-state index is -0.306. The highest BCUT2D eigenvalue weighted by molar-refractivity contribution is 8.00. The third kappa shape index (κ3) is 3.78. The van der Waals surface area contributed by atoms with Gasteiger partial charge in [-0.25, -0.2) is 14.8 Å². The van der Waals surface area contributed by atoms with Crippen LogP contribution in [0.25, 0.3) is 10.2 Å². The van der Waals surface area contributed by atoms with Gasteiger partial charge in [0.2, 0.25) is 5.91 Å². The number of ether oxygens (including phenoxy) is 1. The van der Waals surface area contributed by atoms with Gasteiger partial charge in [-0.05, 0) is 18.4 Å². The van der Waals surface area contributed by atoms with Gasteiger partial charge in [0.25, 0.3) is 0 Å². The van der Waals surface area contributed by atoms with Gasteiger partial charge in [0, 0.05) is 26.2 Å². The van der Waals surface area contributed by atoms with E-state index in [1.165, 1.54) is 18.1 Å². The van der Waals surface area contributed by atoms with Crippen LogP contribution in [0.5, 0.6) is 0 Å². The lowest BCUT2D eigenvalue weighted by Gasteiger charge is -2.34. The molecule has 0 bridgehead atoms. The Hall–Kier alpha value is -1.87. The van der Waals surface area contributed by atoms with E-state index in [1.54, 1.807) is 28.1 Å². The second-order valence-corrected chi connectivity index (χ2v) is 7.05. The largest absolute Gasteiger partial charge is 0.450 e. The van der Waals surface area contributed by atoms with Crippen LogP contribution in [0.4, 0.5) is 4.79 Å². The first-order valence-corrected chi connectivity index (χ1v) is 9.56. The second kappa shape index (κ2) is 7.80. The summed E-state index contributed by atoms with van der Waals surface area (Å²) in [4.78, 5) is 35.9. The van der Waals surface area contributed by atoms with Crippen molar-refractivity contribution in [3.63, 3.8) is 0 Å². The first-order chi connectivity index (χ1) is 11.7. The Kier molecular flexibility index (Phi) is 5.52. The molecule has 2 aromatic rings. The highest BCUT2D eigenvalue weighted by Crippen LogP contribution is 2.28. The van der Waals surface area contributed by atoms with E-state index >= 15 is 0 Å². The van der Waals surface area contributed by atoms with E-state index in [2.05, 4.69) is 9.97 Å². The van der Waals surface area contributed by atoms with Gasteiger partial charge < -0.3 is 14.5 Å². The van der Waals surface area contributed by atoms with E-state index in [4.69, 9.17) is 4.74 Å². The van der Waals surface area contributed by atoms with Crippen LogP contribution in [0.1, 0.15) is 6.92 Å². The molecule has 0 aromatic carbocycles. The van der Waals surface area contributed by atoms with Crippen LogP contribution in [0.3, 0.4) is 0 Å². The van der Waals surface area contributed by atoms with Gasteiger partial charge in [-0.2, -0.15) is 0 Å². The van der Waals surface area contributed by atoms with Crippen molar-refractivity contribution >= 4 is 45.3 Å². The van der Waals surface area contributed by atoms with E-state index in [9.17, 15) is 9.59 Å². The zero-order chi connectivity index (χ0) is 16.9. The zero-order valence-corrected chi connectivity index (χ0v) is 14.9. The minimum absolute atomic E-state index is 0.0619. The highest BCUT2D eigenvalue weighted by Gasteiger charge is 2.24. The van der Waals surface area contributed by atoms with Gasteiger partial charge in [-0.3, -0.25) is 4.79 Å². The van der Waals surface area contributed by atoms with Crippen LogP contribution in [0, 0.1) is 0 Å². The third-order valence-electron chi connectivity index (χ3n) is 3.70.